The van der Waals surface area contributed by atoms with E-state index in [-0.39, 0.29) is 0 Å². The highest BCUT2D eigenvalue weighted by molar-refractivity contribution is 6.04. The Morgan fingerprint density at radius 2 is 1.75 bits per heavy atom. The van der Waals surface area contributed by atoms with Crippen molar-refractivity contribution in [2.45, 2.75) is 6.92 Å². The molecule has 0 aliphatic carbocycles. The zero-order valence-corrected chi connectivity index (χ0v) is 13.4. The molecule has 0 fully saturated rings. The molecule has 4 aromatic rings. The van der Waals surface area contributed by atoms with Gasteiger partial charge in [0.1, 0.15) is 5.75 Å². The van der Waals surface area contributed by atoms with Gasteiger partial charge in [0.05, 0.1) is 12.3 Å². The fraction of sp³-hybridized carbons (Fsp3) is 0.0952. The Morgan fingerprint density at radius 1 is 0.958 bits per heavy atom. The van der Waals surface area contributed by atoms with E-state index >= 15 is 0 Å². The van der Waals surface area contributed by atoms with E-state index in [1.807, 2.05) is 60.0 Å². The van der Waals surface area contributed by atoms with Crippen LogP contribution in [0.2, 0.25) is 0 Å². The van der Waals surface area contributed by atoms with Crippen LogP contribution in [0.3, 0.4) is 0 Å². The molecule has 0 aliphatic heterocycles. The van der Waals surface area contributed by atoms with E-state index in [9.17, 15) is 4.79 Å². The number of carbonyl (C=O) groups is 1. The molecule has 0 spiro atoms. The molecule has 2 aromatic carbocycles. The molecule has 0 saturated heterocycles. The van der Waals surface area contributed by atoms with Crippen LogP contribution < -0.4 is 4.74 Å². The lowest BCUT2D eigenvalue weighted by atomic mass is 9.98. The SMILES string of the molecule is CCOc1ccc(-c2cc3ccccn3c2C=O)c2ccccc12. The molecule has 4 rings (SSSR count). The summed E-state index contributed by atoms with van der Waals surface area (Å²) in [5, 5.41) is 2.14. The molecular weight excluding hydrogens is 298 g/mol. The highest BCUT2D eigenvalue weighted by Crippen LogP contribution is 2.36. The van der Waals surface area contributed by atoms with Gasteiger partial charge < -0.3 is 9.14 Å². The first kappa shape index (κ1) is 14.5. The molecule has 0 bridgehead atoms. The van der Waals surface area contributed by atoms with Crippen molar-refractivity contribution in [1.82, 2.24) is 4.40 Å². The first-order chi connectivity index (χ1) is 11.8. The van der Waals surface area contributed by atoms with Crippen molar-refractivity contribution in [1.29, 1.82) is 0 Å². The second kappa shape index (κ2) is 5.85. The van der Waals surface area contributed by atoms with E-state index < -0.39 is 0 Å². The molecule has 0 aliphatic rings. The van der Waals surface area contributed by atoms with Gasteiger partial charge in [-0.2, -0.15) is 0 Å². The lowest BCUT2D eigenvalue weighted by molar-refractivity contribution is 0.111. The molecule has 3 nitrogen and oxygen atoms in total. The minimum absolute atomic E-state index is 0.624. The van der Waals surface area contributed by atoms with Crippen molar-refractivity contribution in [3.63, 3.8) is 0 Å². The van der Waals surface area contributed by atoms with Crippen molar-refractivity contribution in [2.24, 2.45) is 0 Å². The summed E-state index contributed by atoms with van der Waals surface area (Å²) in [7, 11) is 0. The average molecular weight is 315 g/mol. The number of rotatable bonds is 4. The molecule has 2 aromatic heterocycles. The van der Waals surface area contributed by atoms with Crippen molar-refractivity contribution in [2.75, 3.05) is 6.61 Å². The summed E-state index contributed by atoms with van der Waals surface area (Å²) in [5.74, 6) is 0.869. The van der Waals surface area contributed by atoms with Crippen LogP contribution in [-0.2, 0) is 0 Å². The maximum atomic E-state index is 11.7. The molecule has 0 N–H and O–H groups in total. The van der Waals surface area contributed by atoms with Crippen LogP contribution in [0.4, 0.5) is 0 Å². The van der Waals surface area contributed by atoms with E-state index in [1.165, 1.54) is 0 Å². The Labute approximate surface area is 140 Å². The van der Waals surface area contributed by atoms with Crippen molar-refractivity contribution < 1.29 is 9.53 Å². The number of carbonyl (C=O) groups excluding carboxylic acids is 1. The van der Waals surface area contributed by atoms with Crippen molar-refractivity contribution >= 4 is 22.6 Å². The van der Waals surface area contributed by atoms with Gasteiger partial charge in [-0.25, -0.2) is 0 Å². The van der Waals surface area contributed by atoms with Gasteiger partial charge in [-0.15, -0.1) is 0 Å². The minimum Gasteiger partial charge on any atom is -0.493 e. The molecule has 0 amide bonds. The van der Waals surface area contributed by atoms with Crippen LogP contribution in [0, 0.1) is 0 Å². The van der Waals surface area contributed by atoms with Crippen molar-refractivity contribution in [3.05, 3.63) is 72.6 Å². The average Bonchev–Trinajstić information content (AvgIpc) is 3.00. The van der Waals surface area contributed by atoms with Crippen LogP contribution >= 0.6 is 0 Å². The lowest BCUT2D eigenvalue weighted by Gasteiger charge is -2.11. The third-order valence-corrected chi connectivity index (χ3v) is 4.30. The zero-order valence-electron chi connectivity index (χ0n) is 13.4. The number of fused-ring (bicyclic) bond motifs is 2. The minimum atomic E-state index is 0.624. The lowest BCUT2D eigenvalue weighted by Crippen LogP contribution is -1.95. The van der Waals surface area contributed by atoms with Gasteiger partial charge >= 0.3 is 0 Å². The predicted molar refractivity (Wildman–Crippen MR) is 96.9 cm³/mol. The van der Waals surface area contributed by atoms with Crippen molar-refractivity contribution in [3.8, 4) is 16.9 Å². The van der Waals surface area contributed by atoms with E-state index in [0.717, 1.165) is 39.5 Å². The number of pyridine rings is 1. The van der Waals surface area contributed by atoms with E-state index in [0.29, 0.717) is 12.3 Å². The van der Waals surface area contributed by atoms with Gasteiger partial charge in [0, 0.05) is 22.7 Å². The highest BCUT2D eigenvalue weighted by Gasteiger charge is 2.15. The Bertz CT molecular complexity index is 1050. The fourth-order valence-corrected chi connectivity index (χ4v) is 3.27. The Morgan fingerprint density at radius 3 is 2.54 bits per heavy atom. The maximum absolute atomic E-state index is 11.7. The van der Waals surface area contributed by atoms with Gasteiger partial charge in [-0.3, -0.25) is 4.79 Å². The molecule has 0 saturated carbocycles. The molecule has 118 valence electrons. The number of benzene rings is 2. The number of nitrogens with zero attached hydrogens (tertiary/aromatic N) is 1. The summed E-state index contributed by atoms with van der Waals surface area (Å²) in [6.07, 6.45) is 2.84. The largest absolute Gasteiger partial charge is 0.493 e. The smallest absolute Gasteiger partial charge is 0.167 e. The van der Waals surface area contributed by atoms with E-state index in [4.69, 9.17) is 4.74 Å². The van der Waals surface area contributed by atoms with Crippen LogP contribution in [0.5, 0.6) is 5.75 Å². The predicted octanol–water partition coefficient (Wildman–Crippen LogP) is 4.97. The fourth-order valence-electron chi connectivity index (χ4n) is 3.27. The molecule has 0 radical (unpaired) electrons. The first-order valence-corrected chi connectivity index (χ1v) is 8.03. The Hall–Kier alpha value is -3.07. The number of hydrogen-bond donors (Lipinski definition) is 0. The van der Waals surface area contributed by atoms with Gasteiger partial charge in [0.15, 0.2) is 6.29 Å². The quantitative estimate of drug-likeness (QED) is 0.498. The van der Waals surface area contributed by atoms with Gasteiger partial charge in [0.25, 0.3) is 0 Å². The molecule has 0 unspecified atom stereocenters. The molecular formula is C21H17NO2. The number of ether oxygens (including phenoxy) is 1. The van der Waals surface area contributed by atoms with Crippen LogP contribution in [0.15, 0.2) is 66.9 Å². The summed E-state index contributed by atoms with van der Waals surface area (Å²) in [6.45, 7) is 2.60. The van der Waals surface area contributed by atoms with Crippen LogP contribution in [0.1, 0.15) is 17.4 Å². The topological polar surface area (TPSA) is 30.7 Å². The van der Waals surface area contributed by atoms with Gasteiger partial charge in [-0.05, 0) is 48.2 Å². The molecule has 0 atom stereocenters. The number of aromatic nitrogens is 1. The van der Waals surface area contributed by atoms with E-state index in [2.05, 4.69) is 18.2 Å². The van der Waals surface area contributed by atoms with E-state index in [1.54, 1.807) is 0 Å². The first-order valence-electron chi connectivity index (χ1n) is 8.03. The summed E-state index contributed by atoms with van der Waals surface area (Å²) >= 11 is 0. The molecule has 3 heteroatoms. The highest BCUT2D eigenvalue weighted by atomic mass is 16.5. The maximum Gasteiger partial charge on any atom is 0.167 e. The third-order valence-electron chi connectivity index (χ3n) is 4.30. The Balaban J connectivity index is 2.04. The monoisotopic (exact) mass is 315 g/mol. The normalized spacial score (nSPS) is 11.0. The molecule has 2 heterocycles. The number of hydrogen-bond acceptors (Lipinski definition) is 2. The Kier molecular flexibility index (Phi) is 3.54. The van der Waals surface area contributed by atoms with Gasteiger partial charge in [-0.1, -0.05) is 30.3 Å². The third kappa shape index (κ3) is 2.17. The van der Waals surface area contributed by atoms with Crippen LogP contribution in [-0.4, -0.2) is 17.3 Å². The second-order valence-electron chi connectivity index (χ2n) is 5.65. The summed E-state index contributed by atoms with van der Waals surface area (Å²) in [5.41, 5.74) is 3.66. The van der Waals surface area contributed by atoms with Gasteiger partial charge in [0.2, 0.25) is 0 Å². The summed E-state index contributed by atoms with van der Waals surface area (Å²) in [6, 6.07) is 20.1. The summed E-state index contributed by atoms with van der Waals surface area (Å²) in [4.78, 5) is 11.7. The summed E-state index contributed by atoms with van der Waals surface area (Å²) < 4.78 is 7.67. The molecule has 24 heavy (non-hydrogen) atoms. The van der Waals surface area contributed by atoms with Crippen LogP contribution in [0.25, 0.3) is 27.4 Å². The standard InChI is InChI=1S/C21H17NO2/c1-2-24-21-11-10-17(16-8-3-4-9-18(16)21)19-13-15-7-5-6-12-22(15)20(19)14-23/h3-14H,2H2,1H3. The zero-order chi connectivity index (χ0) is 16.5. The second-order valence-corrected chi connectivity index (χ2v) is 5.65. The number of aldehydes is 1.